The van der Waals surface area contributed by atoms with Gasteiger partial charge in [0.2, 0.25) is 0 Å². The van der Waals surface area contributed by atoms with Crippen molar-refractivity contribution >= 4 is 18.9 Å². The molecule has 2 rings (SSSR count). The summed E-state index contributed by atoms with van der Waals surface area (Å²) in [5, 5.41) is 9.52. The molecule has 2 N–H and O–H groups in total. The molecule has 0 saturated carbocycles. The fraction of sp³-hybridized carbons (Fsp3) is 0.500. The van der Waals surface area contributed by atoms with Gasteiger partial charge in [-0.15, -0.1) is 5.43 Å². The molecule has 1 atom stereocenters. The molecule has 1 fully saturated rings. The van der Waals surface area contributed by atoms with Gasteiger partial charge in [-0.05, 0) is 37.0 Å². The molecule has 0 spiro atoms. The van der Waals surface area contributed by atoms with E-state index in [0.29, 0.717) is 6.04 Å². The van der Waals surface area contributed by atoms with E-state index >= 15 is 0 Å². The SMILES string of the molecule is C/C=C\c1cc(CCN2CC(N[N+](C)(O)S)C2)ccc1C. The van der Waals surface area contributed by atoms with Crippen molar-refractivity contribution in [2.45, 2.75) is 26.3 Å². The van der Waals surface area contributed by atoms with Gasteiger partial charge < -0.3 is 0 Å². The number of hydrogen-bond donors (Lipinski definition) is 3. The van der Waals surface area contributed by atoms with E-state index in [-0.39, 0.29) is 0 Å². The van der Waals surface area contributed by atoms with Crippen molar-refractivity contribution in [2.75, 3.05) is 26.7 Å². The lowest BCUT2D eigenvalue weighted by Gasteiger charge is -2.40. The fourth-order valence-electron chi connectivity index (χ4n) is 2.67. The van der Waals surface area contributed by atoms with Gasteiger partial charge >= 0.3 is 0 Å². The largest absolute Gasteiger partial charge is 0.299 e. The molecule has 21 heavy (non-hydrogen) atoms. The van der Waals surface area contributed by atoms with Crippen molar-refractivity contribution in [1.29, 1.82) is 0 Å². The second kappa shape index (κ2) is 6.94. The Morgan fingerprint density at radius 1 is 1.48 bits per heavy atom. The lowest BCUT2D eigenvalue weighted by Crippen LogP contribution is -2.64. The minimum absolute atomic E-state index is 0.314. The van der Waals surface area contributed by atoms with Gasteiger partial charge in [0.05, 0.1) is 6.04 Å². The number of likely N-dealkylation sites (tertiary alicyclic amines) is 1. The smallest absolute Gasteiger partial charge is 0.130 e. The second-order valence-electron chi connectivity index (χ2n) is 5.94. The van der Waals surface area contributed by atoms with Crippen molar-refractivity contribution in [2.24, 2.45) is 0 Å². The topological polar surface area (TPSA) is 35.5 Å². The second-order valence-corrected chi connectivity index (χ2v) is 6.72. The van der Waals surface area contributed by atoms with Gasteiger partial charge in [0.15, 0.2) is 0 Å². The number of benzene rings is 1. The first-order valence-corrected chi connectivity index (χ1v) is 7.82. The van der Waals surface area contributed by atoms with E-state index in [9.17, 15) is 5.21 Å². The first-order valence-electron chi connectivity index (χ1n) is 7.42. The van der Waals surface area contributed by atoms with Crippen LogP contribution in [0, 0.1) is 6.92 Å². The van der Waals surface area contributed by atoms with Crippen LogP contribution in [0.2, 0.25) is 0 Å². The van der Waals surface area contributed by atoms with E-state index in [1.165, 1.54) is 16.7 Å². The highest BCUT2D eigenvalue weighted by atomic mass is 32.1. The summed E-state index contributed by atoms with van der Waals surface area (Å²) in [5.74, 6) is 0. The summed E-state index contributed by atoms with van der Waals surface area (Å²) in [6.07, 6.45) is 5.30. The molecular formula is C16H26N3OS+. The van der Waals surface area contributed by atoms with Crippen LogP contribution in [-0.4, -0.2) is 47.0 Å². The Morgan fingerprint density at radius 3 is 2.81 bits per heavy atom. The molecule has 116 valence electrons. The highest BCUT2D eigenvalue weighted by Crippen LogP contribution is 2.16. The molecule has 1 saturated heterocycles. The van der Waals surface area contributed by atoms with E-state index in [1.807, 2.05) is 6.92 Å². The van der Waals surface area contributed by atoms with E-state index in [4.69, 9.17) is 0 Å². The van der Waals surface area contributed by atoms with Crippen LogP contribution < -0.4 is 5.43 Å². The number of nitrogens with zero attached hydrogens (tertiary/aromatic N) is 2. The van der Waals surface area contributed by atoms with Gasteiger partial charge in [-0.1, -0.05) is 34.5 Å². The summed E-state index contributed by atoms with van der Waals surface area (Å²) >= 11 is 4.02. The minimum Gasteiger partial charge on any atom is -0.299 e. The molecule has 4 nitrogen and oxygen atoms in total. The molecular weight excluding hydrogens is 282 g/mol. The van der Waals surface area contributed by atoms with Crippen molar-refractivity contribution in [3.63, 3.8) is 0 Å². The Kier molecular flexibility index (Phi) is 5.46. The van der Waals surface area contributed by atoms with Crippen molar-refractivity contribution < 1.29 is 9.37 Å². The number of quaternary nitrogens is 1. The molecule has 1 aromatic carbocycles. The number of rotatable bonds is 6. The number of aryl methyl sites for hydroxylation is 1. The predicted octanol–water partition coefficient (Wildman–Crippen LogP) is 2.44. The molecule has 0 amide bonds. The maximum atomic E-state index is 9.52. The molecule has 5 heteroatoms. The Labute approximate surface area is 133 Å². The van der Waals surface area contributed by atoms with Crippen molar-refractivity contribution in [3.05, 3.63) is 41.0 Å². The van der Waals surface area contributed by atoms with Crippen LogP contribution in [0.25, 0.3) is 6.08 Å². The molecule has 1 aromatic rings. The molecule has 0 radical (unpaired) electrons. The summed E-state index contributed by atoms with van der Waals surface area (Å²) < 4.78 is -0.469. The monoisotopic (exact) mass is 308 g/mol. The van der Waals surface area contributed by atoms with Crippen LogP contribution in [0.5, 0.6) is 0 Å². The third-order valence-electron chi connectivity index (χ3n) is 3.79. The molecule has 1 aliphatic rings. The maximum Gasteiger partial charge on any atom is 0.130 e. The summed E-state index contributed by atoms with van der Waals surface area (Å²) in [4.78, 5) is 2.39. The highest BCUT2D eigenvalue weighted by molar-refractivity contribution is 7.74. The van der Waals surface area contributed by atoms with Crippen LogP contribution >= 0.6 is 12.8 Å². The molecule has 0 aromatic heterocycles. The van der Waals surface area contributed by atoms with Crippen LogP contribution in [0.15, 0.2) is 24.3 Å². The van der Waals surface area contributed by atoms with E-state index < -0.39 is 4.16 Å². The number of hydroxylamine groups is 1. The average molecular weight is 308 g/mol. The van der Waals surface area contributed by atoms with E-state index in [2.05, 4.69) is 60.4 Å². The average Bonchev–Trinajstić information content (AvgIpc) is 2.34. The normalized spacial score (nSPS) is 19.7. The quantitative estimate of drug-likeness (QED) is 0.429. The van der Waals surface area contributed by atoms with Gasteiger partial charge in [-0.2, -0.15) is 5.21 Å². The van der Waals surface area contributed by atoms with Crippen LogP contribution in [-0.2, 0) is 6.42 Å². The van der Waals surface area contributed by atoms with Crippen molar-refractivity contribution in [1.82, 2.24) is 10.3 Å². The number of thiol groups is 1. The molecule has 1 aliphatic heterocycles. The van der Waals surface area contributed by atoms with Crippen LogP contribution in [0.1, 0.15) is 23.6 Å². The Hall–Kier alpha value is -0.850. The van der Waals surface area contributed by atoms with E-state index in [0.717, 1.165) is 26.1 Å². The Balaban J connectivity index is 1.79. The number of hydrogen-bond acceptors (Lipinski definition) is 4. The zero-order valence-electron chi connectivity index (χ0n) is 13.1. The van der Waals surface area contributed by atoms with E-state index in [1.54, 1.807) is 7.05 Å². The molecule has 0 aliphatic carbocycles. The van der Waals surface area contributed by atoms with Gasteiger partial charge in [-0.3, -0.25) is 4.90 Å². The molecule has 1 heterocycles. The van der Waals surface area contributed by atoms with Gasteiger partial charge in [0.25, 0.3) is 0 Å². The lowest BCUT2D eigenvalue weighted by molar-refractivity contribution is -1.01. The molecule has 0 bridgehead atoms. The summed E-state index contributed by atoms with van der Waals surface area (Å²) in [6, 6.07) is 7.00. The predicted molar refractivity (Wildman–Crippen MR) is 89.9 cm³/mol. The zero-order chi connectivity index (χ0) is 15.5. The van der Waals surface area contributed by atoms with Crippen LogP contribution in [0.3, 0.4) is 0 Å². The van der Waals surface area contributed by atoms with Gasteiger partial charge in [0, 0.05) is 19.6 Å². The standard InChI is InChI=1S/C16H26N3OS/c1-4-5-15-10-14(7-6-13(15)2)8-9-18-11-16(12-18)17-19(3,20)21/h4-7,10,16-17,20-21H,8-9,11-12H2,1-3H3/q+1/b5-4-. The minimum atomic E-state index is -0.469. The lowest BCUT2D eigenvalue weighted by atomic mass is 10.0. The first kappa shape index (κ1) is 16.5. The highest BCUT2D eigenvalue weighted by Gasteiger charge is 2.31. The van der Waals surface area contributed by atoms with Gasteiger partial charge in [-0.25, -0.2) is 0 Å². The van der Waals surface area contributed by atoms with Crippen LogP contribution in [0.4, 0.5) is 0 Å². The molecule has 1 unspecified atom stereocenters. The first-order chi connectivity index (χ1) is 9.87. The summed E-state index contributed by atoms with van der Waals surface area (Å²) in [7, 11) is 1.60. The number of nitrogens with one attached hydrogen (secondary N) is 1. The zero-order valence-corrected chi connectivity index (χ0v) is 14.0. The summed E-state index contributed by atoms with van der Waals surface area (Å²) in [5.41, 5.74) is 7.03. The van der Waals surface area contributed by atoms with Gasteiger partial charge in [0.1, 0.15) is 19.9 Å². The number of allylic oxidation sites excluding steroid dienone is 1. The third-order valence-corrected chi connectivity index (χ3v) is 3.91. The Morgan fingerprint density at radius 2 is 2.19 bits per heavy atom. The third kappa shape index (κ3) is 5.13. The van der Waals surface area contributed by atoms with Crippen molar-refractivity contribution in [3.8, 4) is 0 Å². The fourth-order valence-corrected chi connectivity index (χ4v) is 2.84. The maximum absolute atomic E-state index is 9.52. The summed E-state index contributed by atoms with van der Waals surface area (Å²) in [6.45, 7) is 7.17. The Bertz CT molecular complexity index is 505.